The molecule has 3 atom stereocenters. The number of carbonyl (C=O) groups is 4. The molecule has 0 bridgehead atoms. The van der Waals surface area contributed by atoms with Crippen molar-refractivity contribution in [2.75, 3.05) is 0 Å². The van der Waals surface area contributed by atoms with Gasteiger partial charge >= 0.3 is 29.6 Å². The molecule has 2 aliphatic rings. The molecule has 8 nitrogen and oxygen atoms in total. The van der Waals surface area contributed by atoms with Crippen molar-refractivity contribution in [3.63, 3.8) is 0 Å². The number of hydrogen-bond acceptors (Lipinski definition) is 7. The molecule has 10 heteroatoms. The zero-order valence-corrected chi connectivity index (χ0v) is 19.4. The summed E-state index contributed by atoms with van der Waals surface area (Å²) in [6.07, 6.45) is 0.959. The Morgan fingerprint density at radius 2 is 2.07 bits per heavy atom. The number of benzene rings is 1. The first-order valence-corrected chi connectivity index (χ1v) is 9.83. The van der Waals surface area contributed by atoms with Gasteiger partial charge in [-0.3, -0.25) is 14.4 Å². The van der Waals surface area contributed by atoms with Gasteiger partial charge < -0.3 is 24.9 Å². The first kappa shape index (κ1) is 24.2. The maximum atomic E-state index is 12.3. The number of β-lactam (4-membered cyclic amide) rings is 1. The number of fused-ring (bicyclic) bond motifs is 1. The van der Waals surface area contributed by atoms with Gasteiger partial charge in [0.15, 0.2) is 0 Å². The molecule has 0 radical (unpaired) electrons. The Balaban J connectivity index is 0.00000320. The second kappa shape index (κ2) is 10.8. The number of hydrogen-bond donors (Lipinski definition) is 1. The van der Waals surface area contributed by atoms with Crippen LogP contribution in [-0.2, 0) is 30.5 Å². The minimum absolute atomic E-state index is 0. The molecule has 1 aromatic rings. The number of carboxylic acids is 1. The Labute approximate surface area is 200 Å². The molecule has 2 aliphatic heterocycles. The summed E-state index contributed by atoms with van der Waals surface area (Å²) in [6, 6.07) is 9.02. The number of nitrogens with one attached hydrogen (secondary N) is 1. The molecule has 1 saturated heterocycles. The molecule has 3 rings (SSSR count). The number of carbonyl (C=O) groups excluding carboxylic acids is 4. The Morgan fingerprint density at radius 3 is 2.70 bits per heavy atom. The molecule has 152 valence electrons. The number of rotatable bonds is 9. The Hall–Kier alpha value is -2.07. The minimum atomic E-state index is -1.45. The molecule has 2 amide bonds. The zero-order chi connectivity index (χ0) is 21.0. The van der Waals surface area contributed by atoms with Gasteiger partial charge in [0, 0.05) is 23.9 Å². The molecule has 0 saturated carbocycles. The number of aliphatic carboxylic acids is 1. The van der Waals surface area contributed by atoms with Crippen molar-refractivity contribution in [2.45, 2.75) is 32.0 Å². The fourth-order valence-electron chi connectivity index (χ4n) is 3.51. The predicted octanol–water partition coefficient (Wildman–Crippen LogP) is -2.69. The third-order valence-electron chi connectivity index (χ3n) is 4.88. The number of carboxylic acid groups (broad SMARTS) is 1. The second-order valence-corrected chi connectivity index (χ2v) is 7.63. The average Bonchev–Trinajstić information content (AvgIpc) is 3.02. The van der Waals surface area contributed by atoms with E-state index in [0.29, 0.717) is 17.9 Å². The summed E-state index contributed by atoms with van der Waals surface area (Å²) in [5.41, 5.74) is 0.772. The van der Waals surface area contributed by atoms with Crippen LogP contribution in [0.3, 0.4) is 0 Å². The SMILES string of the molecule is C[C@@H](OC=O)[C@H]1C(=O)N2C(C(=O)[O-])=C(SC=CC(=O)NCc3ccccc3)C[C@H]12.[Na+]. The molecule has 0 spiro atoms. The van der Waals surface area contributed by atoms with Crippen molar-refractivity contribution in [3.8, 4) is 0 Å². The average molecular weight is 438 g/mol. The van der Waals surface area contributed by atoms with Crippen LogP contribution in [0.25, 0.3) is 0 Å². The number of amides is 2. The van der Waals surface area contributed by atoms with Crippen molar-refractivity contribution in [3.05, 3.63) is 58.0 Å². The standard InChI is InChI=1S/C20H20N2O6S.Na/c1-12(28-11-23)17-14-9-15(18(20(26)27)22(14)19(17)25)29-8-7-16(24)21-10-13-5-3-2-4-6-13;/h2-8,11-12,14,17H,9-10H2,1H3,(H,21,24)(H,26,27);/q;+1/p-1/t12-,14-,17-;/m1./s1. The molecule has 2 heterocycles. The maximum absolute atomic E-state index is 12.3. The van der Waals surface area contributed by atoms with Crippen molar-refractivity contribution in [1.82, 2.24) is 10.2 Å². The van der Waals surface area contributed by atoms with E-state index in [1.54, 1.807) is 6.92 Å². The van der Waals surface area contributed by atoms with Crippen LogP contribution in [0.15, 0.2) is 52.4 Å². The molecule has 1 aromatic carbocycles. The fourth-order valence-corrected chi connectivity index (χ4v) is 4.42. The van der Waals surface area contributed by atoms with Crippen molar-refractivity contribution in [1.29, 1.82) is 0 Å². The molecule has 1 N–H and O–H groups in total. The van der Waals surface area contributed by atoms with Crippen molar-refractivity contribution in [2.24, 2.45) is 5.92 Å². The van der Waals surface area contributed by atoms with E-state index in [9.17, 15) is 24.3 Å². The first-order chi connectivity index (χ1) is 13.9. The molecular weight excluding hydrogens is 419 g/mol. The first-order valence-electron chi connectivity index (χ1n) is 8.95. The largest absolute Gasteiger partial charge is 1.00 e. The van der Waals surface area contributed by atoms with Gasteiger partial charge in [-0.2, -0.15) is 0 Å². The van der Waals surface area contributed by atoms with Gasteiger partial charge in [-0.25, -0.2) is 0 Å². The summed E-state index contributed by atoms with van der Waals surface area (Å²) in [4.78, 5) is 48.0. The Kier molecular flexibility index (Phi) is 8.72. The molecule has 0 aromatic heterocycles. The van der Waals surface area contributed by atoms with Crippen LogP contribution in [0, 0.1) is 5.92 Å². The summed E-state index contributed by atoms with van der Waals surface area (Å²) >= 11 is 1.06. The number of thioether (sulfide) groups is 1. The van der Waals surface area contributed by atoms with Gasteiger partial charge in [0.25, 0.3) is 6.47 Å². The monoisotopic (exact) mass is 438 g/mol. The van der Waals surface area contributed by atoms with Crippen LogP contribution in [-0.4, -0.2) is 41.3 Å². The third kappa shape index (κ3) is 5.15. The van der Waals surface area contributed by atoms with E-state index in [2.05, 4.69) is 5.32 Å². The van der Waals surface area contributed by atoms with E-state index < -0.39 is 29.9 Å². The van der Waals surface area contributed by atoms with E-state index in [4.69, 9.17) is 4.74 Å². The molecule has 0 unspecified atom stereocenters. The molecule has 1 fully saturated rings. The maximum Gasteiger partial charge on any atom is 1.00 e. The van der Waals surface area contributed by atoms with E-state index in [-0.39, 0.29) is 47.6 Å². The van der Waals surface area contributed by atoms with E-state index in [1.807, 2.05) is 30.3 Å². The zero-order valence-electron chi connectivity index (χ0n) is 16.6. The van der Waals surface area contributed by atoms with Crippen LogP contribution in [0.5, 0.6) is 0 Å². The quantitative estimate of drug-likeness (QED) is 0.193. The van der Waals surface area contributed by atoms with Crippen LogP contribution in [0.4, 0.5) is 0 Å². The van der Waals surface area contributed by atoms with Gasteiger partial charge in [0.2, 0.25) is 11.8 Å². The summed E-state index contributed by atoms with van der Waals surface area (Å²) in [5.74, 6) is -2.78. The van der Waals surface area contributed by atoms with Gasteiger partial charge in [0.1, 0.15) is 6.10 Å². The van der Waals surface area contributed by atoms with E-state index in [1.165, 1.54) is 16.4 Å². The van der Waals surface area contributed by atoms with E-state index >= 15 is 0 Å². The van der Waals surface area contributed by atoms with Gasteiger partial charge in [-0.1, -0.05) is 30.3 Å². The summed E-state index contributed by atoms with van der Waals surface area (Å²) in [7, 11) is 0. The number of nitrogens with zero attached hydrogens (tertiary/aromatic N) is 1. The number of ether oxygens (including phenoxy) is 1. The van der Waals surface area contributed by atoms with Crippen LogP contribution in [0.1, 0.15) is 18.9 Å². The molecule has 0 aliphatic carbocycles. The van der Waals surface area contributed by atoms with Gasteiger partial charge in [0.05, 0.1) is 23.6 Å². The third-order valence-corrected chi connectivity index (χ3v) is 5.79. The van der Waals surface area contributed by atoms with Crippen LogP contribution in [0.2, 0.25) is 0 Å². The summed E-state index contributed by atoms with van der Waals surface area (Å²) in [5, 5.41) is 15.8. The Bertz CT molecular complexity index is 889. The minimum Gasteiger partial charge on any atom is -0.543 e. The molecule has 30 heavy (non-hydrogen) atoms. The molecular formula is C20H19N2NaO6S. The van der Waals surface area contributed by atoms with E-state index in [0.717, 1.165) is 17.3 Å². The van der Waals surface area contributed by atoms with Crippen molar-refractivity contribution >= 4 is 36.0 Å². The van der Waals surface area contributed by atoms with Crippen molar-refractivity contribution < 1.29 is 58.6 Å². The topological polar surface area (TPSA) is 116 Å². The van der Waals surface area contributed by atoms with Crippen LogP contribution >= 0.6 is 11.8 Å². The van der Waals surface area contributed by atoms with Gasteiger partial charge in [-0.05, 0) is 17.9 Å². The summed E-state index contributed by atoms with van der Waals surface area (Å²) < 4.78 is 4.85. The summed E-state index contributed by atoms with van der Waals surface area (Å²) in [6.45, 7) is 2.24. The van der Waals surface area contributed by atoms with Gasteiger partial charge in [-0.15, -0.1) is 11.8 Å². The Morgan fingerprint density at radius 1 is 1.37 bits per heavy atom. The fraction of sp³-hybridized carbons (Fsp3) is 0.300. The normalized spacial score (nSPS) is 20.8. The second-order valence-electron chi connectivity index (χ2n) is 6.63. The predicted molar refractivity (Wildman–Crippen MR) is 102 cm³/mol. The van der Waals surface area contributed by atoms with Crippen LogP contribution < -0.4 is 40.0 Å². The smallest absolute Gasteiger partial charge is 0.543 e.